The van der Waals surface area contributed by atoms with Gasteiger partial charge >= 0.3 is 5.97 Å². The lowest BCUT2D eigenvalue weighted by atomic mass is 10.1. The van der Waals surface area contributed by atoms with Gasteiger partial charge in [0.25, 0.3) is 0 Å². The Hall–Kier alpha value is -2.35. The van der Waals surface area contributed by atoms with Gasteiger partial charge in [-0.15, -0.1) is 0 Å². The SMILES string of the molecule is CN(Cc1cccc(C#N)c1)C(=O)CCCCC(=O)O. The Morgan fingerprint density at radius 1 is 1.30 bits per heavy atom. The van der Waals surface area contributed by atoms with E-state index in [2.05, 4.69) is 6.07 Å². The van der Waals surface area contributed by atoms with Gasteiger partial charge in [-0.25, -0.2) is 0 Å². The van der Waals surface area contributed by atoms with Crippen LogP contribution in [-0.2, 0) is 16.1 Å². The molecular weight excluding hydrogens is 256 g/mol. The first-order chi connectivity index (χ1) is 9.52. The lowest BCUT2D eigenvalue weighted by Gasteiger charge is -2.17. The van der Waals surface area contributed by atoms with Crippen LogP contribution in [0.3, 0.4) is 0 Å². The second-order valence-electron chi connectivity index (χ2n) is 4.66. The van der Waals surface area contributed by atoms with Crippen LogP contribution < -0.4 is 0 Å². The topological polar surface area (TPSA) is 81.4 Å². The number of hydrogen-bond acceptors (Lipinski definition) is 3. The molecule has 0 fully saturated rings. The molecule has 5 nitrogen and oxygen atoms in total. The summed E-state index contributed by atoms with van der Waals surface area (Å²) in [4.78, 5) is 23.8. The standard InChI is InChI=1S/C15H18N2O3/c1-17(14(18)7-2-3-8-15(19)20)11-13-6-4-5-12(9-13)10-16/h4-6,9H,2-3,7-8,11H2,1H3,(H,19,20). The van der Waals surface area contributed by atoms with E-state index in [1.165, 1.54) is 0 Å². The number of carbonyl (C=O) groups is 2. The monoisotopic (exact) mass is 274 g/mol. The molecule has 0 aromatic heterocycles. The smallest absolute Gasteiger partial charge is 0.303 e. The number of amides is 1. The molecule has 1 amide bonds. The third kappa shape index (κ3) is 5.53. The predicted octanol–water partition coefficient (Wildman–Crippen LogP) is 2.16. The van der Waals surface area contributed by atoms with Gasteiger partial charge in [0.2, 0.25) is 5.91 Å². The number of rotatable bonds is 7. The van der Waals surface area contributed by atoms with Gasteiger partial charge in [0.15, 0.2) is 0 Å². The fourth-order valence-corrected chi connectivity index (χ4v) is 1.84. The highest BCUT2D eigenvalue weighted by Gasteiger charge is 2.09. The van der Waals surface area contributed by atoms with Crippen molar-refractivity contribution in [2.45, 2.75) is 32.2 Å². The summed E-state index contributed by atoms with van der Waals surface area (Å²) in [5.41, 5.74) is 1.48. The molecule has 0 saturated heterocycles. The van der Waals surface area contributed by atoms with Gasteiger partial charge in [-0.3, -0.25) is 9.59 Å². The highest BCUT2D eigenvalue weighted by Crippen LogP contribution is 2.09. The van der Waals surface area contributed by atoms with Crippen LogP contribution >= 0.6 is 0 Å². The van der Waals surface area contributed by atoms with E-state index in [-0.39, 0.29) is 12.3 Å². The first kappa shape index (κ1) is 15.7. The molecule has 0 aliphatic heterocycles. The van der Waals surface area contributed by atoms with Gasteiger partial charge in [0, 0.05) is 26.4 Å². The lowest BCUT2D eigenvalue weighted by molar-refractivity contribution is -0.137. The van der Waals surface area contributed by atoms with Crippen LogP contribution in [0.2, 0.25) is 0 Å². The number of carboxylic acids is 1. The van der Waals surface area contributed by atoms with Gasteiger partial charge in [-0.2, -0.15) is 5.26 Å². The third-order valence-corrected chi connectivity index (χ3v) is 2.93. The zero-order chi connectivity index (χ0) is 15.0. The van der Waals surface area contributed by atoms with E-state index >= 15 is 0 Å². The van der Waals surface area contributed by atoms with Crippen molar-refractivity contribution < 1.29 is 14.7 Å². The van der Waals surface area contributed by atoms with E-state index in [1.54, 1.807) is 30.1 Å². The average Bonchev–Trinajstić information content (AvgIpc) is 2.43. The van der Waals surface area contributed by atoms with E-state index in [1.807, 2.05) is 6.07 Å². The summed E-state index contributed by atoms with van der Waals surface area (Å²) in [6.45, 7) is 0.452. The van der Waals surface area contributed by atoms with Crippen LogP contribution in [0.25, 0.3) is 0 Å². The molecule has 20 heavy (non-hydrogen) atoms. The van der Waals surface area contributed by atoms with Crippen molar-refractivity contribution in [1.82, 2.24) is 4.90 Å². The zero-order valence-electron chi connectivity index (χ0n) is 11.5. The van der Waals surface area contributed by atoms with Crippen molar-refractivity contribution in [3.05, 3.63) is 35.4 Å². The molecule has 1 aromatic rings. The minimum Gasteiger partial charge on any atom is -0.481 e. The molecule has 1 N–H and O–H groups in total. The maximum Gasteiger partial charge on any atom is 0.303 e. The van der Waals surface area contributed by atoms with Crippen molar-refractivity contribution in [3.63, 3.8) is 0 Å². The second kappa shape index (κ2) is 7.95. The van der Waals surface area contributed by atoms with Crippen molar-refractivity contribution in [2.75, 3.05) is 7.05 Å². The van der Waals surface area contributed by atoms with Crippen molar-refractivity contribution >= 4 is 11.9 Å². The molecule has 0 heterocycles. The molecule has 106 valence electrons. The highest BCUT2D eigenvalue weighted by molar-refractivity contribution is 5.76. The molecule has 1 aromatic carbocycles. The molecule has 0 aliphatic carbocycles. The third-order valence-electron chi connectivity index (χ3n) is 2.93. The molecule has 0 saturated carbocycles. The van der Waals surface area contributed by atoms with Crippen LogP contribution in [0.4, 0.5) is 0 Å². The Morgan fingerprint density at radius 2 is 2.00 bits per heavy atom. The molecule has 0 bridgehead atoms. The maximum absolute atomic E-state index is 11.9. The molecule has 1 rings (SSSR count). The average molecular weight is 274 g/mol. The highest BCUT2D eigenvalue weighted by atomic mass is 16.4. The number of nitriles is 1. The van der Waals surface area contributed by atoms with Crippen LogP contribution in [0, 0.1) is 11.3 Å². The zero-order valence-corrected chi connectivity index (χ0v) is 11.5. The van der Waals surface area contributed by atoms with Crippen LogP contribution in [-0.4, -0.2) is 28.9 Å². The summed E-state index contributed by atoms with van der Waals surface area (Å²) in [6, 6.07) is 9.20. The fourth-order valence-electron chi connectivity index (χ4n) is 1.84. The van der Waals surface area contributed by atoms with Gasteiger partial charge in [0.1, 0.15) is 0 Å². The summed E-state index contributed by atoms with van der Waals surface area (Å²) in [6.07, 6.45) is 1.54. The Balaban J connectivity index is 2.41. The summed E-state index contributed by atoms with van der Waals surface area (Å²) >= 11 is 0. The van der Waals surface area contributed by atoms with Crippen LogP contribution in [0.1, 0.15) is 36.8 Å². The predicted molar refractivity (Wildman–Crippen MR) is 73.7 cm³/mol. The van der Waals surface area contributed by atoms with Gasteiger partial charge < -0.3 is 10.0 Å². The second-order valence-corrected chi connectivity index (χ2v) is 4.66. The number of nitrogens with zero attached hydrogens (tertiary/aromatic N) is 2. The minimum atomic E-state index is -0.834. The molecule has 5 heteroatoms. The Bertz CT molecular complexity index is 520. The van der Waals surface area contributed by atoms with Crippen LogP contribution in [0.5, 0.6) is 0 Å². The van der Waals surface area contributed by atoms with Crippen molar-refractivity contribution in [1.29, 1.82) is 5.26 Å². The number of carbonyl (C=O) groups excluding carboxylic acids is 1. The normalized spacial score (nSPS) is 9.80. The maximum atomic E-state index is 11.9. The lowest BCUT2D eigenvalue weighted by Crippen LogP contribution is -2.25. The van der Waals surface area contributed by atoms with E-state index in [9.17, 15) is 9.59 Å². The summed E-state index contributed by atoms with van der Waals surface area (Å²) in [5.74, 6) is -0.850. The molecular formula is C15H18N2O3. The number of unbranched alkanes of at least 4 members (excludes halogenated alkanes) is 1. The Kier molecular flexibility index (Phi) is 6.24. The molecule has 0 atom stereocenters. The van der Waals surface area contributed by atoms with E-state index in [0.717, 1.165) is 5.56 Å². The molecule has 0 radical (unpaired) electrons. The van der Waals surface area contributed by atoms with Gasteiger partial charge in [-0.05, 0) is 30.5 Å². The summed E-state index contributed by atoms with van der Waals surface area (Å²) in [5, 5.41) is 17.3. The molecule has 0 spiro atoms. The summed E-state index contributed by atoms with van der Waals surface area (Å²) < 4.78 is 0. The number of carboxylic acid groups (broad SMARTS) is 1. The fraction of sp³-hybridized carbons (Fsp3) is 0.400. The van der Waals surface area contributed by atoms with Gasteiger partial charge in [0.05, 0.1) is 11.6 Å². The molecule has 0 unspecified atom stereocenters. The number of hydrogen-bond donors (Lipinski definition) is 1. The van der Waals surface area contributed by atoms with Gasteiger partial charge in [-0.1, -0.05) is 12.1 Å². The van der Waals surface area contributed by atoms with E-state index in [4.69, 9.17) is 10.4 Å². The van der Waals surface area contributed by atoms with Crippen molar-refractivity contribution in [3.8, 4) is 6.07 Å². The first-order valence-electron chi connectivity index (χ1n) is 6.47. The molecule has 0 aliphatic rings. The number of aliphatic carboxylic acids is 1. The minimum absolute atomic E-state index is 0.0160. The van der Waals surface area contributed by atoms with Crippen molar-refractivity contribution in [2.24, 2.45) is 0 Å². The number of benzene rings is 1. The van der Waals surface area contributed by atoms with E-state index in [0.29, 0.717) is 31.4 Å². The van der Waals surface area contributed by atoms with E-state index < -0.39 is 5.97 Å². The summed E-state index contributed by atoms with van der Waals surface area (Å²) in [7, 11) is 1.71. The Morgan fingerprint density at radius 3 is 2.65 bits per heavy atom. The van der Waals surface area contributed by atoms with Crippen LogP contribution in [0.15, 0.2) is 24.3 Å². The quantitative estimate of drug-likeness (QED) is 0.772. The first-order valence-corrected chi connectivity index (χ1v) is 6.47. The Labute approximate surface area is 118 Å². The largest absolute Gasteiger partial charge is 0.481 e.